The molecule has 1 aliphatic rings. The van der Waals surface area contributed by atoms with Crippen molar-refractivity contribution in [1.82, 2.24) is 0 Å². The van der Waals surface area contributed by atoms with Crippen LogP contribution in [-0.4, -0.2) is 17.0 Å². The average Bonchev–Trinajstić information content (AvgIpc) is 2.97. The zero-order chi connectivity index (χ0) is 19.6. The molecule has 1 heterocycles. The third-order valence-corrected chi connectivity index (χ3v) is 5.88. The molecule has 1 aromatic carbocycles. The van der Waals surface area contributed by atoms with Gasteiger partial charge in [-0.3, -0.25) is 9.59 Å². The van der Waals surface area contributed by atoms with Gasteiger partial charge in [-0.15, -0.1) is 11.3 Å². The molecule has 0 fully saturated rings. The van der Waals surface area contributed by atoms with Crippen molar-refractivity contribution in [3.63, 3.8) is 0 Å². The Morgan fingerprint density at radius 3 is 2.37 bits per heavy atom. The smallest absolute Gasteiger partial charge is 0.307 e. The molecule has 5 nitrogen and oxygen atoms in total. The van der Waals surface area contributed by atoms with Crippen LogP contribution in [0.25, 0.3) is 11.1 Å². The molecule has 3 rings (SSSR count). The number of aryl methyl sites for hydroxylation is 2. The summed E-state index contributed by atoms with van der Waals surface area (Å²) in [5, 5.41) is 22.4. The second kappa shape index (κ2) is 7.77. The Balaban J connectivity index is 1.92. The fourth-order valence-corrected chi connectivity index (χ4v) is 4.42. The Bertz CT molecular complexity index is 951. The molecule has 27 heavy (non-hydrogen) atoms. The molecule has 1 aliphatic carbocycles. The number of anilines is 1. The van der Waals surface area contributed by atoms with E-state index in [2.05, 4.69) is 11.4 Å². The quantitative estimate of drug-likeness (QED) is 0.764. The van der Waals surface area contributed by atoms with E-state index in [1.165, 1.54) is 11.3 Å². The highest BCUT2D eigenvalue weighted by atomic mass is 32.1. The van der Waals surface area contributed by atoms with Gasteiger partial charge in [0.05, 0.1) is 17.4 Å². The molecule has 138 valence electrons. The van der Waals surface area contributed by atoms with E-state index in [4.69, 9.17) is 0 Å². The summed E-state index contributed by atoms with van der Waals surface area (Å²) in [4.78, 5) is 25.1. The van der Waals surface area contributed by atoms with Crippen molar-refractivity contribution in [2.45, 2.75) is 26.7 Å². The van der Waals surface area contributed by atoms with Crippen LogP contribution in [0.4, 0.5) is 5.00 Å². The fourth-order valence-electron chi connectivity index (χ4n) is 3.39. The summed E-state index contributed by atoms with van der Waals surface area (Å²) in [7, 11) is 0. The van der Waals surface area contributed by atoms with Gasteiger partial charge >= 0.3 is 5.97 Å². The maximum absolute atomic E-state index is 12.7. The number of hydrogen-bond acceptors (Lipinski definition) is 4. The Morgan fingerprint density at radius 1 is 1.15 bits per heavy atom. The average molecular weight is 380 g/mol. The Morgan fingerprint density at radius 2 is 1.78 bits per heavy atom. The van der Waals surface area contributed by atoms with Gasteiger partial charge in [0.25, 0.3) is 0 Å². The van der Waals surface area contributed by atoms with Crippen molar-refractivity contribution >= 4 is 28.2 Å². The highest BCUT2D eigenvalue weighted by Crippen LogP contribution is 2.40. The molecule has 0 saturated heterocycles. The number of thiophene rings is 1. The number of benzene rings is 1. The van der Waals surface area contributed by atoms with Crippen molar-refractivity contribution in [3.05, 3.63) is 52.4 Å². The van der Waals surface area contributed by atoms with Crippen LogP contribution in [0.2, 0.25) is 0 Å². The first-order chi connectivity index (χ1) is 12.9. The number of rotatable bonds is 4. The van der Waals surface area contributed by atoms with Crippen molar-refractivity contribution < 1.29 is 14.7 Å². The topological polar surface area (TPSA) is 90.2 Å². The third-order valence-electron chi connectivity index (χ3n) is 4.86. The van der Waals surface area contributed by atoms with E-state index in [9.17, 15) is 20.0 Å². The molecular weight excluding hydrogens is 360 g/mol. The van der Waals surface area contributed by atoms with Crippen LogP contribution in [0.1, 0.15) is 28.8 Å². The van der Waals surface area contributed by atoms with Crippen molar-refractivity contribution in [2.75, 3.05) is 5.32 Å². The van der Waals surface area contributed by atoms with Crippen LogP contribution in [0.5, 0.6) is 0 Å². The highest BCUT2D eigenvalue weighted by Gasteiger charge is 2.34. The number of nitrogens with one attached hydrogen (secondary N) is 1. The predicted octanol–water partition coefficient (Wildman–Crippen LogP) is 4.51. The van der Waals surface area contributed by atoms with Crippen molar-refractivity contribution in [3.8, 4) is 17.2 Å². The Labute approximate surface area is 162 Å². The minimum absolute atomic E-state index is 0.344. The summed E-state index contributed by atoms with van der Waals surface area (Å²) in [5.41, 5.74) is 3.29. The minimum atomic E-state index is -0.970. The van der Waals surface area contributed by atoms with E-state index in [1.54, 1.807) is 6.08 Å². The Hall–Kier alpha value is -2.91. The second-order valence-electron chi connectivity index (χ2n) is 6.70. The van der Waals surface area contributed by atoms with E-state index in [-0.39, 0.29) is 5.91 Å². The summed E-state index contributed by atoms with van der Waals surface area (Å²) >= 11 is 1.35. The number of aliphatic carboxylic acids is 1. The predicted molar refractivity (Wildman–Crippen MR) is 106 cm³/mol. The molecule has 1 amide bonds. The maximum Gasteiger partial charge on any atom is 0.307 e. The second-order valence-corrected chi connectivity index (χ2v) is 7.92. The number of amides is 1. The van der Waals surface area contributed by atoms with Gasteiger partial charge in [-0.25, -0.2) is 0 Å². The minimum Gasteiger partial charge on any atom is -0.481 e. The molecular formula is C21H20N2O3S. The normalized spacial score (nSPS) is 18.7. The third kappa shape index (κ3) is 3.79. The lowest BCUT2D eigenvalue weighted by Gasteiger charge is -2.23. The molecule has 0 aliphatic heterocycles. The van der Waals surface area contributed by atoms with Crippen LogP contribution >= 0.6 is 11.3 Å². The maximum atomic E-state index is 12.7. The SMILES string of the molecule is Cc1ccc(-c2c(C)sc(NC(=O)[C@@H]3CC=CC[C@H]3C(=O)O)c2C#N)cc1. The molecule has 6 heteroatoms. The van der Waals surface area contributed by atoms with Crippen LogP contribution in [0.3, 0.4) is 0 Å². The molecule has 0 unspecified atom stereocenters. The van der Waals surface area contributed by atoms with E-state index < -0.39 is 17.8 Å². The number of carbonyl (C=O) groups excluding carboxylic acids is 1. The number of hydrogen-bond donors (Lipinski definition) is 2. The van der Waals surface area contributed by atoms with Crippen LogP contribution in [0, 0.1) is 37.0 Å². The zero-order valence-electron chi connectivity index (χ0n) is 15.2. The van der Waals surface area contributed by atoms with Gasteiger partial charge < -0.3 is 10.4 Å². The lowest BCUT2D eigenvalue weighted by molar-refractivity contribution is -0.146. The summed E-state index contributed by atoms with van der Waals surface area (Å²) in [6.07, 6.45) is 4.37. The highest BCUT2D eigenvalue weighted by molar-refractivity contribution is 7.17. The first-order valence-electron chi connectivity index (χ1n) is 8.71. The van der Waals surface area contributed by atoms with Crippen LogP contribution < -0.4 is 5.32 Å². The number of carboxylic acid groups (broad SMARTS) is 1. The molecule has 1 aromatic heterocycles. The van der Waals surface area contributed by atoms with Crippen LogP contribution in [-0.2, 0) is 9.59 Å². The zero-order valence-corrected chi connectivity index (χ0v) is 16.0. The molecule has 0 saturated carbocycles. The summed E-state index contributed by atoms with van der Waals surface area (Å²) in [5.74, 6) is -2.69. The molecule has 0 radical (unpaired) electrons. The lowest BCUT2D eigenvalue weighted by Crippen LogP contribution is -2.34. The first-order valence-corrected chi connectivity index (χ1v) is 9.53. The van der Waals surface area contributed by atoms with Gasteiger partial charge in [-0.1, -0.05) is 42.0 Å². The van der Waals surface area contributed by atoms with Gasteiger partial charge in [0.1, 0.15) is 11.1 Å². The van der Waals surface area contributed by atoms with Gasteiger partial charge in [-0.2, -0.15) is 5.26 Å². The van der Waals surface area contributed by atoms with E-state index in [1.807, 2.05) is 44.2 Å². The lowest BCUT2D eigenvalue weighted by atomic mass is 9.82. The molecule has 0 bridgehead atoms. The summed E-state index contributed by atoms with van der Waals surface area (Å²) in [6, 6.07) is 10.1. The number of nitrogens with zero attached hydrogens (tertiary/aromatic N) is 1. The molecule has 2 N–H and O–H groups in total. The van der Waals surface area contributed by atoms with E-state index in [0.29, 0.717) is 23.4 Å². The van der Waals surface area contributed by atoms with Gasteiger partial charge in [0.2, 0.25) is 5.91 Å². The molecule has 0 spiro atoms. The monoisotopic (exact) mass is 380 g/mol. The van der Waals surface area contributed by atoms with Gasteiger partial charge in [0.15, 0.2) is 0 Å². The van der Waals surface area contributed by atoms with Gasteiger partial charge in [-0.05, 0) is 32.3 Å². The number of carbonyl (C=O) groups is 2. The largest absolute Gasteiger partial charge is 0.481 e. The van der Waals surface area contributed by atoms with Crippen molar-refractivity contribution in [1.29, 1.82) is 5.26 Å². The van der Waals surface area contributed by atoms with E-state index in [0.717, 1.165) is 21.6 Å². The van der Waals surface area contributed by atoms with Crippen molar-refractivity contribution in [2.24, 2.45) is 11.8 Å². The molecule has 2 atom stereocenters. The number of nitriles is 1. The summed E-state index contributed by atoms with van der Waals surface area (Å²) < 4.78 is 0. The molecule has 2 aromatic rings. The Kier molecular flexibility index (Phi) is 5.43. The first kappa shape index (κ1) is 18.9. The fraction of sp³-hybridized carbons (Fsp3) is 0.286. The van der Waals surface area contributed by atoms with E-state index >= 15 is 0 Å². The summed E-state index contributed by atoms with van der Waals surface area (Å²) in [6.45, 7) is 3.92. The van der Waals surface area contributed by atoms with Gasteiger partial charge in [0, 0.05) is 10.4 Å². The number of carboxylic acids is 1. The number of allylic oxidation sites excluding steroid dienone is 2. The standard InChI is InChI=1S/C21H20N2O3S/c1-12-7-9-14(10-8-12)18-13(2)27-20(17(18)11-22)23-19(24)15-5-3-4-6-16(15)21(25)26/h3-4,7-10,15-16H,5-6H2,1-2H3,(H,23,24)(H,25,26)/t15-,16-/m1/s1. The van der Waals surface area contributed by atoms with Crippen LogP contribution in [0.15, 0.2) is 36.4 Å².